The van der Waals surface area contributed by atoms with Gasteiger partial charge in [-0.3, -0.25) is 18.7 Å². The Morgan fingerprint density at radius 1 is 1.12 bits per heavy atom. The summed E-state index contributed by atoms with van der Waals surface area (Å²) < 4.78 is 8.60. The molecule has 2 aliphatic rings. The van der Waals surface area contributed by atoms with Gasteiger partial charge in [0.2, 0.25) is 5.91 Å². The summed E-state index contributed by atoms with van der Waals surface area (Å²) in [4.78, 5) is 41.6. The van der Waals surface area contributed by atoms with Crippen LogP contribution in [0.15, 0.2) is 39.9 Å². The monoisotopic (exact) mass is 468 g/mol. The van der Waals surface area contributed by atoms with Crippen molar-refractivity contribution in [1.82, 2.24) is 14.5 Å². The molecule has 0 radical (unpaired) electrons. The molecule has 8 nitrogen and oxygen atoms in total. The van der Waals surface area contributed by atoms with E-state index in [1.54, 1.807) is 4.57 Å². The second-order valence-corrected chi connectivity index (χ2v) is 9.84. The normalized spacial score (nSPS) is 19.1. The van der Waals surface area contributed by atoms with Crippen LogP contribution in [-0.4, -0.2) is 47.4 Å². The van der Waals surface area contributed by atoms with Crippen molar-refractivity contribution in [3.63, 3.8) is 0 Å². The Bertz CT molecular complexity index is 1110. The van der Waals surface area contributed by atoms with Crippen molar-refractivity contribution in [2.45, 2.75) is 59.1 Å². The van der Waals surface area contributed by atoms with Crippen LogP contribution in [0.1, 0.15) is 45.2 Å². The van der Waals surface area contributed by atoms with E-state index in [-0.39, 0.29) is 35.1 Å². The molecule has 1 atom stereocenters. The van der Waals surface area contributed by atoms with Gasteiger partial charge in [-0.15, -0.1) is 0 Å². The predicted molar refractivity (Wildman–Crippen MR) is 133 cm³/mol. The number of hydrogen-bond acceptors (Lipinski definition) is 5. The number of ether oxygens (including phenoxy) is 1. The van der Waals surface area contributed by atoms with Crippen molar-refractivity contribution in [3.8, 4) is 5.69 Å². The minimum Gasteiger partial charge on any atom is -0.376 e. The highest BCUT2D eigenvalue weighted by molar-refractivity contribution is 5.79. The molecule has 3 heterocycles. The first-order chi connectivity index (χ1) is 16.4. The molecule has 1 aromatic carbocycles. The predicted octanol–water partition coefficient (Wildman–Crippen LogP) is 2.48. The fourth-order valence-corrected chi connectivity index (χ4v) is 5.04. The van der Waals surface area contributed by atoms with Gasteiger partial charge in [0.25, 0.3) is 5.56 Å². The van der Waals surface area contributed by atoms with Crippen molar-refractivity contribution in [1.29, 1.82) is 0 Å². The Labute approximate surface area is 200 Å². The lowest BCUT2D eigenvalue weighted by atomic mass is 9.95. The zero-order valence-electron chi connectivity index (χ0n) is 20.5. The minimum atomic E-state index is -0.311. The van der Waals surface area contributed by atoms with E-state index in [2.05, 4.69) is 10.2 Å². The Balaban J connectivity index is 1.57. The highest BCUT2D eigenvalue weighted by Crippen LogP contribution is 2.24. The molecule has 184 valence electrons. The summed E-state index contributed by atoms with van der Waals surface area (Å²) in [6.07, 6.45) is 3.52. The van der Waals surface area contributed by atoms with E-state index in [9.17, 15) is 14.4 Å². The van der Waals surface area contributed by atoms with E-state index in [1.807, 2.05) is 51.1 Å². The van der Waals surface area contributed by atoms with Gasteiger partial charge in [-0.2, -0.15) is 0 Å². The molecule has 0 aliphatic carbocycles. The average molecular weight is 469 g/mol. The molecule has 2 aromatic rings. The maximum absolute atomic E-state index is 13.5. The number of nitrogens with one attached hydrogen (secondary N) is 1. The Morgan fingerprint density at radius 2 is 1.82 bits per heavy atom. The van der Waals surface area contributed by atoms with Gasteiger partial charge in [0, 0.05) is 38.7 Å². The molecule has 8 heteroatoms. The second kappa shape index (κ2) is 10.6. The van der Waals surface area contributed by atoms with Crippen LogP contribution in [0.3, 0.4) is 0 Å². The van der Waals surface area contributed by atoms with Crippen LogP contribution < -0.4 is 21.5 Å². The molecule has 0 spiro atoms. The Kier molecular flexibility index (Phi) is 7.56. The van der Waals surface area contributed by atoms with Crippen molar-refractivity contribution in [2.75, 3.05) is 31.1 Å². The molecule has 1 N–H and O–H groups in total. The van der Waals surface area contributed by atoms with E-state index in [0.717, 1.165) is 25.1 Å². The fraction of sp³-hybridized carbons (Fsp3) is 0.577. The second-order valence-electron chi connectivity index (χ2n) is 9.84. The minimum absolute atomic E-state index is 0.0679. The number of piperidine rings is 1. The van der Waals surface area contributed by atoms with Crippen LogP contribution in [0.25, 0.3) is 5.69 Å². The van der Waals surface area contributed by atoms with Crippen LogP contribution in [0.4, 0.5) is 5.69 Å². The van der Waals surface area contributed by atoms with Gasteiger partial charge in [0.1, 0.15) is 5.69 Å². The SMILES string of the molecule is Cc1c(N2CCC(C(=O)NCC3CCCO3)CC2)c(=O)n(CC(C)C)c(=O)n1-c1ccccc1. The summed E-state index contributed by atoms with van der Waals surface area (Å²) in [6.45, 7) is 8.74. The fourth-order valence-electron chi connectivity index (χ4n) is 5.04. The highest BCUT2D eigenvalue weighted by atomic mass is 16.5. The first-order valence-corrected chi connectivity index (χ1v) is 12.4. The van der Waals surface area contributed by atoms with Crippen LogP contribution in [0.2, 0.25) is 0 Å². The third-order valence-electron chi connectivity index (χ3n) is 6.82. The molecule has 0 saturated carbocycles. The van der Waals surface area contributed by atoms with Crippen LogP contribution >= 0.6 is 0 Å². The van der Waals surface area contributed by atoms with Gasteiger partial charge in [-0.05, 0) is 50.7 Å². The van der Waals surface area contributed by atoms with E-state index in [4.69, 9.17) is 4.74 Å². The molecule has 0 bridgehead atoms. The lowest BCUT2D eigenvalue weighted by Crippen LogP contribution is -2.48. The third-order valence-corrected chi connectivity index (χ3v) is 6.82. The lowest BCUT2D eigenvalue weighted by molar-refractivity contribution is -0.126. The molecule has 4 rings (SSSR count). The molecule has 1 aromatic heterocycles. The maximum atomic E-state index is 13.5. The molecule has 34 heavy (non-hydrogen) atoms. The summed E-state index contributed by atoms with van der Waals surface area (Å²) in [6, 6.07) is 9.45. The summed E-state index contributed by atoms with van der Waals surface area (Å²) in [7, 11) is 0. The van der Waals surface area contributed by atoms with Gasteiger partial charge < -0.3 is 15.0 Å². The maximum Gasteiger partial charge on any atom is 0.335 e. The molecule has 1 unspecified atom stereocenters. The topological polar surface area (TPSA) is 85.6 Å². The van der Waals surface area contributed by atoms with E-state index in [0.29, 0.717) is 50.4 Å². The highest BCUT2D eigenvalue weighted by Gasteiger charge is 2.29. The third kappa shape index (κ3) is 5.12. The first kappa shape index (κ1) is 24.3. The van der Waals surface area contributed by atoms with Gasteiger partial charge >= 0.3 is 5.69 Å². The van der Waals surface area contributed by atoms with Gasteiger partial charge in [-0.1, -0.05) is 32.0 Å². The molecule has 2 saturated heterocycles. The Morgan fingerprint density at radius 3 is 2.44 bits per heavy atom. The number of aromatic nitrogens is 2. The first-order valence-electron chi connectivity index (χ1n) is 12.4. The summed E-state index contributed by atoms with van der Waals surface area (Å²) in [5.41, 5.74) is 1.39. The lowest BCUT2D eigenvalue weighted by Gasteiger charge is -2.34. The number of anilines is 1. The standard InChI is InChI=1S/C26H36N4O4/c1-18(2)17-29-25(32)23(19(3)30(26(29)33)21-8-5-4-6-9-21)28-13-11-20(12-14-28)24(31)27-16-22-10-7-15-34-22/h4-6,8-9,18,20,22H,7,10-17H2,1-3H3,(H,27,31). The number of carbonyl (C=O) groups is 1. The van der Waals surface area contributed by atoms with Gasteiger partial charge in [0.15, 0.2) is 0 Å². The molecule has 2 aliphatic heterocycles. The van der Waals surface area contributed by atoms with Crippen LogP contribution in [0, 0.1) is 18.8 Å². The summed E-state index contributed by atoms with van der Waals surface area (Å²) in [5, 5.41) is 3.05. The number of hydrogen-bond donors (Lipinski definition) is 1. The average Bonchev–Trinajstić information content (AvgIpc) is 3.35. The number of amides is 1. The van der Waals surface area contributed by atoms with Crippen molar-refractivity contribution < 1.29 is 9.53 Å². The van der Waals surface area contributed by atoms with Crippen LogP contribution in [0.5, 0.6) is 0 Å². The zero-order valence-corrected chi connectivity index (χ0v) is 20.5. The summed E-state index contributed by atoms with van der Waals surface area (Å²) >= 11 is 0. The Hall–Kier alpha value is -2.87. The zero-order chi connectivity index (χ0) is 24.2. The van der Waals surface area contributed by atoms with Crippen molar-refractivity contribution >= 4 is 11.6 Å². The smallest absolute Gasteiger partial charge is 0.335 e. The summed E-state index contributed by atoms with van der Waals surface area (Å²) in [5.74, 6) is 0.151. The van der Waals surface area contributed by atoms with Crippen molar-refractivity contribution in [2.24, 2.45) is 11.8 Å². The van der Waals surface area contributed by atoms with Crippen LogP contribution in [-0.2, 0) is 16.1 Å². The van der Waals surface area contributed by atoms with Gasteiger partial charge in [0.05, 0.1) is 17.5 Å². The van der Waals surface area contributed by atoms with Gasteiger partial charge in [-0.25, -0.2) is 4.79 Å². The largest absolute Gasteiger partial charge is 0.376 e. The number of rotatable bonds is 7. The molecule has 2 fully saturated rings. The quantitative estimate of drug-likeness (QED) is 0.675. The number of carbonyl (C=O) groups excluding carboxylic acids is 1. The number of benzene rings is 1. The number of para-hydroxylation sites is 1. The van der Waals surface area contributed by atoms with E-state index >= 15 is 0 Å². The molecular formula is C26H36N4O4. The van der Waals surface area contributed by atoms with Crippen molar-refractivity contribution in [3.05, 3.63) is 56.9 Å². The number of nitrogens with zero attached hydrogens (tertiary/aromatic N) is 3. The van der Waals surface area contributed by atoms with E-state index < -0.39 is 0 Å². The van der Waals surface area contributed by atoms with E-state index in [1.165, 1.54) is 4.57 Å². The molecule has 1 amide bonds. The molecular weight excluding hydrogens is 432 g/mol.